The normalized spacial score (nSPS) is 16.1. The maximum atomic E-state index is 10.5. The van der Waals surface area contributed by atoms with E-state index in [0.29, 0.717) is 6.10 Å². The average molecular weight is 272 g/mol. The molecule has 4 heteroatoms. The molecule has 106 valence electrons. The zero-order chi connectivity index (χ0) is 14.1. The molecular weight excluding hydrogens is 252 g/mol. The third-order valence-electron chi connectivity index (χ3n) is 3.59. The Balaban J connectivity index is 1.79. The van der Waals surface area contributed by atoms with E-state index in [2.05, 4.69) is 5.10 Å². The average Bonchev–Trinajstić information content (AvgIpc) is 3.19. The highest BCUT2D eigenvalue weighted by Gasteiger charge is 2.23. The summed E-state index contributed by atoms with van der Waals surface area (Å²) in [5.74, 6) is 0.880. The van der Waals surface area contributed by atoms with Crippen LogP contribution in [0.25, 0.3) is 0 Å². The monoisotopic (exact) mass is 272 g/mol. The Hall–Kier alpha value is -1.81. The molecule has 1 aromatic carbocycles. The van der Waals surface area contributed by atoms with Gasteiger partial charge >= 0.3 is 0 Å². The molecular formula is C16H20N2O2. The molecule has 1 aromatic heterocycles. The molecule has 1 heterocycles. The first kappa shape index (κ1) is 13.2. The van der Waals surface area contributed by atoms with Gasteiger partial charge in [0, 0.05) is 18.8 Å². The Morgan fingerprint density at radius 2 is 2.05 bits per heavy atom. The molecule has 2 aromatic rings. The van der Waals surface area contributed by atoms with Gasteiger partial charge in [-0.2, -0.15) is 5.10 Å². The van der Waals surface area contributed by atoms with Gasteiger partial charge in [0.05, 0.1) is 11.8 Å². The number of aryl methyl sites for hydroxylation is 2. The Morgan fingerprint density at radius 3 is 2.65 bits per heavy atom. The lowest BCUT2D eigenvalue weighted by molar-refractivity contribution is 0.219. The lowest BCUT2D eigenvalue weighted by atomic mass is 10.0. The molecule has 0 aliphatic heterocycles. The van der Waals surface area contributed by atoms with Gasteiger partial charge in [0.2, 0.25) is 0 Å². The predicted molar refractivity (Wildman–Crippen MR) is 76.7 cm³/mol. The maximum absolute atomic E-state index is 10.5. The lowest BCUT2D eigenvalue weighted by Gasteiger charge is -2.12. The van der Waals surface area contributed by atoms with Crippen LogP contribution in [0.15, 0.2) is 30.5 Å². The zero-order valence-corrected chi connectivity index (χ0v) is 11.9. The van der Waals surface area contributed by atoms with Crippen molar-refractivity contribution >= 4 is 0 Å². The lowest BCUT2D eigenvalue weighted by Crippen LogP contribution is -2.02. The number of benzene rings is 1. The highest BCUT2D eigenvalue weighted by Crippen LogP contribution is 2.29. The molecule has 0 saturated heterocycles. The third kappa shape index (κ3) is 2.70. The smallest absolute Gasteiger partial charge is 0.119 e. The van der Waals surface area contributed by atoms with E-state index >= 15 is 0 Å². The first-order valence-corrected chi connectivity index (χ1v) is 7.14. The topological polar surface area (TPSA) is 47.3 Å². The van der Waals surface area contributed by atoms with Gasteiger partial charge in [-0.25, -0.2) is 0 Å². The van der Waals surface area contributed by atoms with Gasteiger partial charge in [-0.1, -0.05) is 19.1 Å². The summed E-state index contributed by atoms with van der Waals surface area (Å²) in [7, 11) is 1.88. The molecule has 1 atom stereocenters. The first-order chi connectivity index (χ1) is 9.67. The van der Waals surface area contributed by atoms with Crippen LogP contribution in [0.1, 0.15) is 42.7 Å². The SMILES string of the molecule is CCc1nn(C)cc1C(O)c1ccc(OC2CC2)cc1. The summed E-state index contributed by atoms with van der Waals surface area (Å²) < 4.78 is 7.47. The largest absolute Gasteiger partial charge is 0.490 e. The molecule has 1 fully saturated rings. The highest BCUT2D eigenvalue weighted by molar-refractivity contribution is 5.35. The van der Waals surface area contributed by atoms with E-state index < -0.39 is 6.10 Å². The van der Waals surface area contributed by atoms with Crippen LogP contribution in [-0.2, 0) is 13.5 Å². The second kappa shape index (κ2) is 5.29. The van der Waals surface area contributed by atoms with Crippen LogP contribution in [0.2, 0.25) is 0 Å². The Labute approximate surface area is 119 Å². The van der Waals surface area contributed by atoms with Gasteiger partial charge in [-0.3, -0.25) is 4.68 Å². The molecule has 0 bridgehead atoms. The van der Waals surface area contributed by atoms with Crippen LogP contribution in [0.3, 0.4) is 0 Å². The van der Waals surface area contributed by atoms with Gasteiger partial charge < -0.3 is 9.84 Å². The van der Waals surface area contributed by atoms with E-state index in [0.717, 1.165) is 41.8 Å². The third-order valence-corrected chi connectivity index (χ3v) is 3.59. The number of hydrogen-bond donors (Lipinski definition) is 1. The minimum atomic E-state index is -0.631. The minimum Gasteiger partial charge on any atom is -0.490 e. The van der Waals surface area contributed by atoms with Crippen molar-refractivity contribution in [2.45, 2.75) is 38.4 Å². The minimum absolute atomic E-state index is 0.399. The number of hydrogen-bond acceptors (Lipinski definition) is 3. The maximum Gasteiger partial charge on any atom is 0.119 e. The van der Waals surface area contributed by atoms with Gasteiger partial charge in [0.15, 0.2) is 0 Å². The van der Waals surface area contributed by atoms with Crippen molar-refractivity contribution in [1.29, 1.82) is 0 Å². The summed E-state index contributed by atoms with van der Waals surface area (Å²) in [5.41, 5.74) is 2.69. The van der Waals surface area contributed by atoms with E-state index in [9.17, 15) is 5.11 Å². The molecule has 1 unspecified atom stereocenters. The highest BCUT2D eigenvalue weighted by atomic mass is 16.5. The van der Waals surface area contributed by atoms with Gasteiger partial charge in [-0.05, 0) is 37.0 Å². The Morgan fingerprint density at radius 1 is 1.35 bits per heavy atom. The van der Waals surface area contributed by atoms with E-state index in [-0.39, 0.29) is 0 Å². The van der Waals surface area contributed by atoms with Crippen LogP contribution in [0.5, 0.6) is 5.75 Å². The molecule has 4 nitrogen and oxygen atoms in total. The molecule has 3 rings (SSSR count). The van der Waals surface area contributed by atoms with E-state index in [1.807, 2.05) is 44.4 Å². The zero-order valence-electron chi connectivity index (χ0n) is 11.9. The van der Waals surface area contributed by atoms with Gasteiger partial charge in [0.1, 0.15) is 11.9 Å². The quantitative estimate of drug-likeness (QED) is 0.910. The summed E-state index contributed by atoms with van der Waals surface area (Å²) in [4.78, 5) is 0. The van der Waals surface area contributed by atoms with Gasteiger partial charge in [-0.15, -0.1) is 0 Å². The summed E-state index contributed by atoms with van der Waals surface area (Å²) >= 11 is 0. The van der Waals surface area contributed by atoms with Crippen molar-refractivity contribution < 1.29 is 9.84 Å². The first-order valence-electron chi connectivity index (χ1n) is 7.14. The van der Waals surface area contributed by atoms with Crippen molar-refractivity contribution in [3.63, 3.8) is 0 Å². The number of nitrogens with zero attached hydrogens (tertiary/aromatic N) is 2. The number of aromatic nitrogens is 2. The standard InChI is InChI=1S/C16H20N2O2/c1-3-15-14(10-18(2)17-15)16(19)11-4-6-12(7-5-11)20-13-8-9-13/h4-7,10,13,16,19H,3,8-9H2,1-2H3. The summed E-state index contributed by atoms with van der Waals surface area (Å²) in [6.07, 6.45) is 4.78. The second-order valence-corrected chi connectivity index (χ2v) is 5.35. The molecule has 1 aliphatic rings. The van der Waals surface area contributed by atoms with E-state index in [4.69, 9.17) is 4.74 Å². The Bertz CT molecular complexity index is 585. The summed E-state index contributed by atoms with van der Waals surface area (Å²) in [6, 6.07) is 7.71. The number of aliphatic hydroxyl groups is 1. The Kier molecular flexibility index (Phi) is 3.49. The fraction of sp³-hybridized carbons (Fsp3) is 0.438. The van der Waals surface area contributed by atoms with E-state index in [1.54, 1.807) is 4.68 Å². The van der Waals surface area contributed by atoms with Crippen molar-refractivity contribution in [3.8, 4) is 5.75 Å². The second-order valence-electron chi connectivity index (χ2n) is 5.35. The van der Waals surface area contributed by atoms with Crippen LogP contribution >= 0.6 is 0 Å². The van der Waals surface area contributed by atoms with E-state index in [1.165, 1.54) is 0 Å². The van der Waals surface area contributed by atoms with Crippen molar-refractivity contribution in [2.75, 3.05) is 0 Å². The molecule has 0 amide bonds. The molecule has 0 radical (unpaired) electrons. The van der Waals surface area contributed by atoms with Crippen molar-refractivity contribution in [2.24, 2.45) is 7.05 Å². The molecule has 1 N–H and O–H groups in total. The van der Waals surface area contributed by atoms with Crippen LogP contribution in [-0.4, -0.2) is 21.0 Å². The number of ether oxygens (including phenoxy) is 1. The van der Waals surface area contributed by atoms with Crippen molar-refractivity contribution in [1.82, 2.24) is 9.78 Å². The fourth-order valence-electron chi connectivity index (χ4n) is 2.34. The number of rotatable bonds is 5. The number of aliphatic hydroxyl groups excluding tert-OH is 1. The molecule has 1 saturated carbocycles. The predicted octanol–water partition coefficient (Wildman–Crippen LogP) is 2.61. The van der Waals surface area contributed by atoms with Gasteiger partial charge in [0.25, 0.3) is 0 Å². The summed E-state index contributed by atoms with van der Waals surface area (Å²) in [5, 5.41) is 14.9. The molecule has 0 spiro atoms. The summed E-state index contributed by atoms with van der Waals surface area (Å²) in [6.45, 7) is 2.05. The molecule has 20 heavy (non-hydrogen) atoms. The van der Waals surface area contributed by atoms with Crippen LogP contribution in [0.4, 0.5) is 0 Å². The van der Waals surface area contributed by atoms with Crippen LogP contribution < -0.4 is 4.74 Å². The fourth-order valence-corrected chi connectivity index (χ4v) is 2.34. The molecule has 1 aliphatic carbocycles. The van der Waals surface area contributed by atoms with Crippen molar-refractivity contribution in [3.05, 3.63) is 47.3 Å². The van der Waals surface area contributed by atoms with Crippen LogP contribution in [0, 0.1) is 0 Å².